The Balaban J connectivity index is 1.48. The molecule has 0 saturated carbocycles. The van der Waals surface area contributed by atoms with E-state index < -0.39 is 17.8 Å². The third-order valence-corrected chi connectivity index (χ3v) is 5.43. The lowest BCUT2D eigenvalue weighted by atomic mass is 10.1. The Kier molecular flexibility index (Phi) is 5.57. The molecular weight excluding hydrogens is 477 g/mol. The first kappa shape index (κ1) is 21.1. The molecule has 10 heteroatoms. The molecule has 2 amide bonds. The van der Waals surface area contributed by atoms with Gasteiger partial charge >= 0.3 is 12.2 Å². The molecule has 6 nitrogen and oxygen atoms in total. The van der Waals surface area contributed by atoms with E-state index in [1.54, 1.807) is 37.4 Å². The summed E-state index contributed by atoms with van der Waals surface area (Å²) >= 11 is 2.97. The number of amides is 2. The molecule has 1 N–H and O–H groups in total. The van der Waals surface area contributed by atoms with Crippen molar-refractivity contribution < 1.29 is 22.7 Å². The van der Waals surface area contributed by atoms with Crippen LogP contribution in [0.4, 0.5) is 29.3 Å². The SMILES string of the molecule is Cc1ncccc1Oc1ccc(NC(=O)N2CCc3cc(Br)c(C(F)(F)F)cc32)cn1. The molecule has 160 valence electrons. The Morgan fingerprint density at radius 2 is 2.03 bits per heavy atom. The summed E-state index contributed by atoms with van der Waals surface area (Å²) in [5.41, 5.74) is 1.19. The number of alkyl halides is 3. The summed E-state index contributed by atoms with van der Waals surface area (Å²) < 4.78 is 45.3. The minimum atomic E-state index is -4.52. The van der Waals surface area contributed by atoms with E-state index in [1.165, 1.54) is 17.2 Å². The van der Waals surface area contributed by atoms with E-state index >= 15 is 0 Å². The van der Waals surface area contributed by atoms with Crippen LogP contribution in [0.2, 0.25) is 0 Å². The first-order valence-electron chi connectivity index (χ1n) is 9.26. The largest absolute Gasteiger partial charge is 0.437 e. The van der Waals surface area contributed by atoms with Gasteiger partial charge in [-0.25, -0.2) is 9.78 Å². The number of pyridine rings is 2. The second-order valence-corrected chi connectivity index (χ2v) is 7.72. The van der Waals surface area contributed by atoms with Gasteiger partial charge in [0.2, 0.25) is 5.88 Å². The van der Waals surface area contributed by atoms with E-state index in [0.717, 1.165) is 6.07 Å². The summed E-state index contributed by atoms with van der Waals surface area (Å²) in [7, 11) is 0. The Bertz CT molecular complexity index is 1140. The van der Waals surface area contributed by atoms with Gasteiger partial charge in [0.25, 0.3) is 0 Å². The number of rotatable bonds is 3. The zero-order valence-electron chi connectivity index (χ0n) is 16.2. The zero-order valence-corrected chi connectivity index (χ0v) is 17.8. The number of aromatic nitrogens is 2. The monoisotopic (exact) mass is 492 g/mol. The van der Waals surface area contributed by atoms with Crippen molar-refractivity contribution in [3.8, 4) is 11.6 Å². The molecule has 1 aliphatic rings. The van der Waals surface area contributed by atoms with Crippen molar-refractivity contribution in [3.63, 3.8) is 0 Å². The Hall–Kier alpha value is -3.14. The van der Waals surface area contributed by atoms with Gasteiger partial charge in [-0.2, -0.15) is 13.2 Å². The van der Waals surface area contributed by atoms with Gasteiger partial charge in [0.15, 0.2) is 5.75 Å². The maximum absolute atomic E-state index is 13.2. The van der Waals surface area contributed by atoms with Gasteiger partial charge in [0.05, 0.1) is 23.1 Å². The van der Waals surface area contributed by atoms with Gasteiger partial charge in [-0.15, -0.1) is 0 Å². The fraction of sp³-hybridized carbons (Fsp3) is 0.190. The smallest absolute Gasteiger partial charge is 0.417 e. The minimum absolute atomic E-state index is 0.0374. The first-order valence-corrected chi connectivity index (χ1v) is 10.1. The van der Waals surface area contributed by atoms with Crippen molar-refractivity contribution in [3.05, 3.63) is 70.1 Å². The van der Waals surface area contributed by atoms with Gasteiger partial charge in [0.1, 0.15) is 0 Å². The molecule has 2 aromatic heterocycles. The minimum Gasteiger partial charge on any atom is -0.437 e. The average molecular weight is 493 g/mol. The number of carbonyl (C=O) groups is 1. The molecule has 0 fully saturated rings. The highest BCUT2D eigenvalue weighted by Gasteiger charge is 2.36. The topological polar surface area (TPSA) is 67.3 Å². The van der Waals surface area contributed by atoms with E-state index in [9.17, 15) is 18.0 Å². The number of nitrogens with zero attached hydrogens (tertiary/aromatic N) is 3. The molecule has 4 rings (SSSR count). The lowest BCUT2D eigenvalue weighted by molar-refractivity contribution is -0.138. The van der Waals surface area contributed by atoms with Crippen LogP contribution in [0.1, 0.15) is 16.8 Å². The molecule has 0 aliphatic carbocycles. The Morgan fingerprint density at radius 3 is 2.71 bits per heavy atom. The summed E-state index contributed by atoms with van der Waals surface area (Å²) in [5.74, 6) is 0.882. The molecule has 1 aromatic carbocycles. The van der Waals surface area contributed by atoms with Gasteiger partial charge in [0, 0.05) is 29.0 Å². The van der Waals surface area contributed by atoms with Crippen LogP contribution >= 0.6 is 15.9 Å². The van der Waals surface area contributed by atoms with E-state index in [4.69, 9.17) is 4.74 Å². The van der Waals surface area contributed by atoms with Gasteiger partial charge in [-0.05, 0) is 49.2 Å². The number of urea groups is 1. The second-order valence-electron chi connectivity index (χ2n) is 6.86. The molecule has 0 atom stereocenters. The number of halogens is 4. The fourth-order valence-electron chi connectivity index (χ4n) is 3.23. The van der Waals surface area contributed by atoms with Crippen LogP contribution in [0.5, 0.6) is 11.6 Å². The van der Waals surface area contributed by atoms with Crippen LogP contribution in [0, 0.1) is 6.92 Å². The maximum Gasteiger partial charge on any atom is 0.417 e. The van der Waals surface area contributed by atoms with Crippen molar-refractivity contribution in [1.82, 2.24) is 9.97 Å². The number of benzene rings is 1. The van der Waals surface area contributed by atoms with Crippen molar-refractivity contribution >= 4 is 33.3 Å². The van der Waals surface area contributed by atoms with E-state index in [2.05, 4.69) is 31.2 Å². The number of ether oxygens (including phenoxy) is 1. The van der Waals surface area contributed by atoms with Crippen LogP contribution in [-0.4, -0.2) is 22.5 Å². The second kappa shape index (κ2) is 8.18. The summed E-state index contributed by atoms with van der Waals surface area (Å²) in [6.07, 6.45) is -0.986. The number of hydrogen-bond acceptors (Lipinski definition) is 4. The Morgan fingerprint density at radius 1 is 1.23 bits per heavy atom. The average Bonchev–Trinajstić information content (AvgIpc) is 3.12. The summed E-state index contributed by atoms with van der Waals surface area (Å²) in [6, 6.07) is 8.57. The zero-order chi connectivity index (χ0) is 22.2. The lowest BCUT2D eigenvalue weighted by Gasteiger charge is -2.20. The first-order chi connectivity index (χ1) is 14.7. The molecule has 0 radical (unpaired) electrons. The van der Waals surface area contributed by atoms with Crippen molar-refractivity contribution in [2.45, 2.75) is 19.5 Å². The van der Waals surface area contributed by atoms with Crippen molar-refractivity contribution in [2.75, 3.05) is 16.8 Å². The normalized spacial score (nSPS) is 13.1. The highest BCUT2D eigenvalue weighted by molar-refractivity contribution is 9.10. The van der Waals surface area contributed by atoms with E-state index in [1.807, 2.05) is 0 Å². The quantitative estimate of drug-likeness (QED) is 0.490. The van der Waals surface area contributed by atoms with Crippen LogP contribution in [-0.2, 0) is 12.6 Å². The number of nitrogens with one attached hydrogen (secondary N) is 1. The highest BCUT2D eigenvalue weighted by Crippen LogP contribution is 2.41. The molecule has 0 bridgehead atoms. The molecular formula is C21H16BrF3N4O2. The molecule has 3 heterocycles. The highest BCUT2D eigenvalue weighted by atomic mass is 79.9. The Labute approximate surface area is 184 Å². The number of anilines is 2. The predicted molar refractivity (Wildman–Crippen MR) is 112 cm³/mol. The summed E-state index contributed by atoms with van der Waals surface area (Å²) in [6.45, 7) is 2.09. The number of hydrogen-bond donors (Lipinski definition) is 1. The van der Waals surface area contributed by atoms with Gasteiger partial charge < -0.3 is 10.1 Å². The predicted octanol–water partition coefficient (Wildman–Crippen LogP) is 5.95. The number of fused-ring (bicyclic) bond motifs is 1. The number of aryl methyl sites for hydroxylation is 1. The van der Waals surface area contributed by atoms with Gasteiger partial charge in [-0.3, -0.25) is 9.88 Å². The van der Waals surface area contributed by atoms with Crippen LogP contribution < -0.4 is 15.0 Å². The van der Waals surface area contributed by atoms with Gasteiger partial charge in [-0.1, -0.05) is 15.9 Å². The molecule has 1 aliphatic heterocycles. The molecule has 0 spiro atoms. The van der Waals surface area contributed by atoms with Crippen LogP contribution in [0.15, 0.2) is 53.3 Å². The lowest BCUT2D eigenvalue weighted by Crippen LogP contribution is -2.33. The van der Waals surface area contributed by atoms with Crippen LogP contribution in [0.3, 0.4) is 0 Å². The van der Waals surface area contributed by atoms with Crippen molar-refractivity contribution in [1.29, 1.82) is 0 Å². The molecule has 0 saturated heterocycles. The third kappa shape index (κ3) is 4.48. The molecule has 31 heavy (non-hydrogen) atoms. The van der Waals surface area contributed by atoms with E-state index in [0.29, 0.717) is 35.0 Å². The fourth-order valence-corrected chi connectivity index (χ4v) is 3.85. The summed E-state index contributed by atoms with van der Waals surface area (Å²) in [4.78, 5) is 22.3. The molecule has 3 aromatic rings. The molecule has 0 unspecified atom stereocenters. The standard InChI is InChI=1S/C21H16BrF3N4O2/c1-12-18(3-2-7-26-12)31-19-5-4-14(11-27-19)28-20(30)29-8-6-13-9-16(22)15(10-17(13)29)21(23,24)25/h2-5,7,9-11H,6,8H2,1H3,(H,28,30). The van der Waals surface area contributed by atoms with E-state index in [-0.39, 0.29) is 16.7 Å². The third-order valence-electron chi connectivity index (χ3n) is 4.77. The van der Waals surface area contributed by atoms with Crippen LogP contribution in [0.25, 0.3) is 0 Å². The number of carbonyl (C=O) groups excluding carboxylic acids is 1. The maximum atomic E-state index is 13.2. The summed E-state index contributed by atoms with van der Waals surface area (Å²) in [5, 5.41) is 2.66. The van der Waals surface area contributed by atoms with Crippen molar-refractivity contribution in [2.24, 2.45) is 0 Å².